The first-order valence-corrected chi connectivity index (χ1v) is 10.8. The van der Waals surface area contributed by atoms with Crippen LogP contribution in [0.1, 0.15) is 70.2 Å². The highest BCUT2D eigenvalue weighted by Gasteiger charge is 2.29. The fraction of sp³-hybridized carbons (Fsp3) is 0.609. The summed E-state index contributed by atoms with van der Waals surface area (Å²) in [6.07, 6.45) is 1.24. The van der Waals surface area contributed by atoms with Crippen LogP contribution in [0.25, 0.3) is 0 Å². The van der Waals surface area contributed by atoms with Gasteiger partial charge in [-0.05, 0) is 39.3 Å². The van der Waals surface area contributed by atoms with Gasteiger partial charge in [0.2, 0.25) is 0 Å². The van der Waals surface area contributed by atoms with Crippen molar-refractivity contribution in [3.05, 3.63) is 29.6 Å². The van der Waals surface area contributed by atoms with E-state index < -0.39 is 23.2 Å². The first-order valence-electron chi connectivity index (χ1n) is 10.8. The van der Waals surface area contributed by atoms with Gasteiger partial charge in [-0.15, -0.1) is 0 Å². The zero-order chi connectivity index (χ0) is 23.0. The van der Waals surface area contributed by atoms with Crippen molar-refractivity contribution in [2.24, 2.45) is 0 Å². The Bertz CT molecular complexity index is 786. The van der Waals surface area contributed by atoms with Crippen LogP contribution < -0.4 is 4.74 Å². The van der Waals surface area contributed by atoms with E-state index in [-0.39, 0.29) is 37.2 Å². The molecule has 0 N–H and O–H groups in total. The van der Waals surface area contributed by atoms with Crippen molar-refractivity contribution >= 4 is 17.8 Å². The zero-order valence-electron chi connectivity index (χ0n) is 18.7. The van der Waals surface area contributed by atoms with Gasteiger partial charge < -0.3 is 19.1 Å². The monoisotopic (exact) mass is 437 g/mol. The van der Waals surface area contributed by atoms with Gasteiger partial charge in [-0.2, -0.15) is 0 Å². The summed E-state index contributed by atoms with van der Waals surface area (Å²) >= 11 is 0. The molecule has 172 valence electrons. The minimum absolute atomic E-state index is 0.0762. The largest absolute Gasteiger partial charge is 0.490 e. The molecule has 0 unspecified atom stereocenters. The standard InChI is InChI=1S/C23H32FNO6/c1-5-23(3,4)31-22(28)25-13-11-16(12-14-25)30-17-7-8-18(19(24)15-17)20(26)9-10-21(27)29-6-2/h7-8,15-16H,5-6,9-14H2,1-4H3. The Morgan fingerprint density at radius 2 is 1.81 bits per heavy atom. The average Bonchev–Trinajstić information content (AvgIpc) is 2.72. The molecule has 1 heterocycles. The number of esters is 1. The third-order valence-corrected chi connectivity index (χ3v) is 5.32. The predicted molar refractivity (Wildman–Crippen MR) is 113 cm³/mol. The minimum Gasteiger partial charge on any atom is -0.490 e. The molecule has 8 heteroatoms. The van der Waals surface area contributed by atoms with E-state index in [0.717, 1.165) is 6.42 Å². The van der Waals surface area contributed by atoms with Gasteiger partial charge in [0.1, 0.15) is 23.3 Å². The molecule has 1 amide bonds. The number of likely N-dealkylation sites (tertiary alicyclic amines) is 1. The van der Waals surface area contributed by atoms with Gasteiger partial charge >= 0.3 is 12.1 Å². The maximum Gasteiger partial charge on any atom is 0.410 e. The lowest BCUT2D eigenvalue weighted by molar-refractivity contribution is -0.143. The van der Waals surface area contributed by atoms with E-state index in [2.05, 4.69) is 0 Å². The molecular weight excluding hydrogens is 405 g/mol. The molecule has 1 aliphatic rings. The molecule has 0 atom stereocenters. The third kappa shape index (κ3) is 7.52. The number of hydrogen-bond acceptors (Lipinski definition) is 6. The van der Waals surface area contributed by atoms with E-state index in [4.69, 9.17) is 14.2 Å². The summed E-state index contributed by atoms with van der Waals surface area (Å²) in [5.74, 6) is -1.30. The van der Waals surface area contributed by atoms with E-state index in [1.807, 2.05) is 20.8 Å². The van der Waals surface area contributed by atoms with E-state index >= 15 is 0 Å². The lowest BCUT2D eigenvalue weighted by Crippen LogP contribution is -2.44. The SMILES string of the molecule is CCOC(=O)CCC(=O)c1ccc(OC2CCN(C(=O)OC(C)(C)CC)CC2)cc1F. The Hall–Kier alpha value is -2.64. The van der Waals surface area contributed by atoms with Crippen LogP contribution in [0, 0.1) is 5.82 Å². The predicted octanol–water partition coefficient (Wildman–Crippen LogP) is 4.52. The van der Waals surface area contributed by atoms with Crippen molar-refractivity contribution in [3.8, 4) is 5.75 Å². The first kappa shape index (κ1) is 24.6. The lowest BCUT2D eigenvalue weighted by atomic mass is 10.1. The van der Waals surface area contributed by atoms with Gasteiger partial charge in [0.15, 0.2) is 5.78 Å². The fourth-order valence-corrected chi connectivity index (χ4v) is 3.10. The second-order valence-electron chi connectivity index (χ2n) is 8.16. The van der Waals surface area contributed by atoms with Crippen molar-refractivity contribution in [3.63, 3.8) is 0 Å². The molecule has 1 aromatic carbocycles. The topological polar surface area (TPSA) is 82.1 Å². The number of amides is 1. The van der Waals surface area contributed by atoms with Gasteiger partial charge in [0.25, 0.3) is 0 Å². The van der Waals surface area contributed by atoms with E-state index in [9.17, 15) is 18.8 Å². The molecular formula is C23H32FNO6. The molecule has 2 rings (SSSR count). The number of ether oxygens (including phenoxy) is 3. The van der Waals surface area contributed by atoms with Gasteiger partial charge in [0.05, 0.1) is 18.6 Å². The highest BCUT2D eigenvalue weighted by molar-refractivity contribution is 5.97. The number of carbonyl (C=O) groups excluding carboxylic acids is 3. The number of hydrogen-bond donors (Lipinski definition) is 0. The summed E-state index contributed by atoms with van der Waals surface area (Å²) in [5.41, 5.74) is -0.579. The second-order valence-corrected chi connectivity index (χ2v) is 8.16. The molecule has 1 aliphatic heterocycles. The molecule has 1 aromatic rings. The fourth-order valence-electron chi connectivity index (χ4n) is 3.10. The quantitative estimate of drug-likeness (QED) is 0.417. The molecule has 7 nitrogen and oxygen atoms in total. The highest BCUT2D eigenvalue weighted by Crippen LogP contribution is 2.24. The molecule has 0 spiro atoms. The first-order chi connectivity index (χ1) is 14.6. The Balaban J connectivity index is 1.85. The van der Waals surface area contributed by atoms with Gasteiger partial charge in [-0.25, -0.2) is 9.18 Å². The summed E-state index contributed by atoms with van der Waals surface area (Å²) < 4.78 is 30.5. The number of carbonyl (C=O) groups is 3. The normalized spacial score (nSPS) is 14.8. The summed E-state index contributed by atoms with van der Waals surface area (Å²) in [4.78, 5) is 37.4. The van der Waals surface area contributed by atoms with Gasteiger partial charge in [0, 0.05) is 38.4 Å². The van der Waals surface area contributed by atoms with Crippen molar-refractivity contribution < 1.29 is 33.0 Å². The molecule has 1 fully saturated rings. The van der Waals surface area contributed by atoms with E-state index in [0.29, 0.717) is 31.7 Å². The van der Waals surface area contributed by atoms with Crippen molar-refractivity contribution in [1.29, 1.82) is 0 Å². The number of Topliss-reactive ketones (excluding diaryl/α,β-unsaturated/α-hetero) is 1. The van der Waals surface area contributed by atoms with Crippen LogP contribution in [0.15, 0.2) is 18.2 Å². The van der Waals surface area contributed by atoms with Crippen molar-refractivity contribution in [1.82, 2.24) is 4.90 Å². The smallest absolute Gasteiger partial charge is 0.410 e. The minimum atomic E-state index is -0.686. The van der Waals surface area contributed by atoms with E-state index in [1.54, 1.807) is 17.9 Å². The Morgan fingerprint density at radius 3 is 2.39 bits per heavy atom. The number of benzene rings is 1. The molecule has 1 saturated heterocycles. The molecule has 31 heavy (non-hydrogen) atoms. The molecule has 0 aromatic heterocycles. The Morgan fingerprint density at radius 1 is 1.13 bits per heavy atom. The van der Waals surface area contributed by atoms with Crippen LogP contribution in [0.2, 0.25) is 0 Å². The van der Waals surface area contributed by atoms with Gasteiger partial charge in [-0.1, -0.05) is 6.92 Å². The summed E-state index contributed by atoms with van der Waals surface area (Å²) in [6.45, 7) is 8.63. The zero-order valence-corrected chi connectivity index (χ0v) is 18.7. The van der Waals surface area contributed by atoms with Gasteiger partial charge in [-0.3, -0.25) is 9.59 Å². The summed E-state index contributed by atoms with van der Waals surface area (Å²) in [7, 11) is 0. The second kappa shape index (κ2) is 11.1. The molecule has 0 aliphatic carbocycles. The Labute approximate surface area is 182 Å². The average molecular weight is 438 g/mol. The molecule has 0 radical (unpaired) electrons. The highest BCUT2D eigenvalue weighted by atomic mass is 19.1. The number of ketones is 1. The molecule has 0 saturated carbocycles. The molecule has 0 bridgehead atoms. The van der Waals surface area contributed by atoms with Crippen LogP contribution in [-0.4, -0.2) is 54.1 Å². The lowest BCUT2D eigenvalue weighted by Gasteiger charge is -2.34. The van der Waals surface area contributed by atoms with Crippen LogP contribution in [0.4, 0.5) is 9.18 Å². The van der Waals surface area contributed by atoms with Crippen LogP contribution >= 0.6 is 0 Å². The van der Waals surface area contributed by atoms with E-state index in [1.165, 1.54) is 12.1 Å². The van der Waals surface area contributed by atoms with Crippen LogP contribution in [0.3, 0.4) is 0 Å². The number of rotatable bonds is 9. The van der Waals surface area contributed by atoms with Crippen LogP contribution in [0.5, 0.6) is 5.75 Å². The number of nitrogens with zero attached hydrogens (tertiary/aromatic N) is 1. The number of piperidine rings is 1. The Kier molecular flexibility index (Phi) is 8.83. The maximum absolute atomic E-state index is 14.4. The van der Waals surface area contributed by atoms with Crippen molar-refractivity contribution in [2.45, 2.75) is 71.5 Å². The maximum atomic E-state index is 14.4. The van der Waals surface area contributed by atoms with Crippen molar-refractivity contribution in [2.75, 3.05) is 19.7 Å². The summed E-state index contributed by atoms with van der Waals surface area (Å²) in [6, 6.07) is 4.10. The van der Waals surface area contributed by atoms with Crippen LogP contribution in [-0.2, 0) is 14.3 Å². The number of halogens is 1. The summed E-state index contributed by atoms with van der Waals surface area (Å²) in [5, 5.41) is 0. The third-order valence-electron chi connectivity index (χ3n) is 5.32.